The first kappa shape index (κ1) is 11.7. The molecular weight excluding hydrogens is 314 g/mol. The second-order valence-electron chi connectivity index (χ2n) is 3.77. The molecule has 1 aromatic carbocycles. The SMILES string of the molecule is Nc1cc(Br)ccc1Oc1cc2n[nH]c(=O)n2cn1. The Morgan fingerprint density at radius 2 is 2.21 bits per heavy atom. The Balaban J connectivity index is 1.98. The highest BCUT2D eigenvalue weighted by Crippen LogP contribution is 2.28. The number of rotatable bonds is 2. The minimum atomic E-state index is -0.350. The van der Waals surface area contributed by atoms with Gasteiger partial charge in [0, 0.05) is 10.5 Å². The molecule has 0 radical (unpaired) electrons. The van der Waals surface area contributed by atoms with Crippen LogP contribution in [0.1, 0.15) is 0 Å². The Labute approximate surface area is 115 Å². The molecule has 3 N–H and O–H groups in total. The molecule has 0 saturated heterocycles. The summed E-state index contributed by atoms with van der Waals surface area (Å²) in [4.78, 5) is 15.3. The molecule has 19 heavy (non-hydrogen) atoms. The van der Waals surface area contributed by atoms with Gasteiger partial charge in [-0.25, -0.2) is 19.3 Å². The Kier molecular flexibility index (Phi) is 2.71. The summed E-state index contributed by atoms with van der Waals surface area (Å²) in [7, 11) is 0. The van der Waals surface area contributed by atoms with Gasteiger partial charge in [-0.3, -0.25) is 0 Å². The zero-order valence-electron chi connectivity index (χ0n) is 9.50. The number of anilines is 1. The van der Waals surface area contributed by atoms with Gasteiger partial charge in [0.1, 0.15) is 6.33 Å². The smallest absolute Gasteiger partial charge is 0.348 e. The summed E-state index contributed by atoms with van der Waals surface area (Å²) >= 11 is 3.31. The average molecular weight is 322 g/mol. The number of hydrogen-bond acceptors (Lipinski definition) is 5. The fraction of sp³-hybridized carbons (Fsp3) is 0. The number of nitrogens with zero attached hydrogens (tertiary/aromatic N) is 3. The Morgan fingerprint density at radius 3 is 3.00 bits per heavy atom. The highest BCUT2D eigenvalue weighted by molar-refractivity contribution is 9.10. The number of nitrogens with one attached hydrogen (secondary N) is 1. The molecule has 3 rings (SSSR count). The van der Waals surface area contributed by atoms with Crippen LogP contribution in [0.5, 0.6) is 11.6 Å². The molecule has 0 saturated carbocycles. The van der Waals surface area contributed by atoms with E-state index in [0.29, 0.717) is 23.0 Å². The van der Waals surface area contributed by atoms with E-state index in [1.165, 1.54) is 10.7 Å². The number of nitrogen functional groups attached to an aromatic ring is 1. The van der Waals surface area contributed by atoms with Gasteiger partial charge in [-0.05, 0) is 18.2 Å². The number of halogens is 1. The molecule has 0 bridgehead atoms. The van der Waals surface area contributed by atoms with E-state index >= 15 is 0 Å². The van der Waals surface area contributed by atoms with E-state index in [1.807, 2.05) is 6.07 Å². The third-order valence-corrected chi connectivity index (χ3v) is 2.96. The van der Waals surface area contributed by atoms with Crippen LogP contribution in [0.15, 0.2) is 39.9 Å². The minimum absolute atomic E-state index is 0.306. The number of aromatic amines is 1. The molecule has 2 heterocycles. The maximum atomic E-state index is 11.3. The largest absolute Gasteiger partial charge is 0.437 e. The van der Waals surface area contributed by atoms with Crippen LogP contribution in [0, 0.1) is 0 Å². The number of fused-ring (bicyclic) bond motifs is 1. The first-order valence-electron chi connectivity index (χ1n) is 5.29. The summed E-state index contributed by atoms with van der Waals surface area (Å²) in [6, 6.07) is 6.80. The zero-order chi connectivity index (χ0) is 13.4. The molecule has 0 aliphatic heterocycles. The molecule has 7 nitrogen and oxygen atoms in total. The van der Waals surface area contributed by atoms with Crippen LogP contribution in [0.2, 0.25) is 0 Å². The van der Waals surface area contributed by atoms with Crippen molar-refractivity contribution >= 4 is 27.3 Å². The zero-order valence-corrected chi connectivity index (χ0v) is 11.1. The predicted molar refractivity (Wildman–Crippen MR) is 72.2 cm³/mol. The minimum Gasteiger partial charge on any atom is -0.437 e. The summed E-state index contributed by atoms with van der Waals surface area (Å²) in [5.41, 5.74) is 6.38. The predicted octanol–water partition coefficient (Wildman–Crippen LogP) is 1.55. The van der Waals surface area contributed by atoms with E-state index in [1.54, 1.807) is 18.2 Å². The molecular formula is C11H8BrN5O2. The number of benzene rings is 1. The molecule has 3 aromatic rings. The van der Waals surface area contributed by atoms with Gasteiger partial charge in [0.05, 0.1) is 5.69 Å². The van der Waals surface area contributed by atoms with Crippen LogP contribution in [0.3, 0.4) is 0 Å². The topological polar surface area (TPSA) is 98.3 Å². The van der Waals surface area contributed by atoms with E-state index in [2.05, 4.69) is 31.1 Å². The average Bonchev–Trinajstić information content (AvgIpc) is 2.74. The quantitative estimate of drug-likeness (QED) is 0.698. The van der Waals surface area contributed by atoms with Crippen molar-refractivity contribution in [3.8, 4) is 11.6 Å². The van der Waals surface area contributed by atoms with Crippen LogP contribution in [-0.4, -0.2) is 19.6 Å². The molecule has 0 aliphatic rings. The molecule has 0 spiro atoms. The van der Waals surface area contributed by atoms with Crippen molar-refractivity contribution in [2.24, 2.45) is 0 Å². The lowest BCUT2D eigenvalue weighted by Crippen LogP contribution is -2.09. The highest BCUT2D eigenvalue weighted by Gasteiger charge is 2.06. The van der Waals surface area contributed by atoms with Crippen molar-refractivity contribution in [1.29, 1.82) is 0 Å². The summed E-state index contributed by atoms with van der Waals surface area (Å²) < 4.78 is 7.69. The number of nitrogens with two attached hydrogens (primary N) is 1. The van der Waals surface area contributed by atoms with Gasteiger partial charge in [-0.15, -0.1) is 0 Å². The lowest BCUT2D eigenvalue weighted by Gasteiger charge is -2.07. The first-order chi connectivity index (χ1) is 9.13. The van der Waals surface area contributed by atoms with E-state index < -0.39 is 0 Å². The monoisotopic (exact) mass is 321 g/mol. The lowest BCUT2D eigenvalue weighted by molar-refractivity contribution is 0.464. The molecule has 0 aliphatic carbocycles. The molecule has 96 valence electrons. The molecule has 8 heteroatoms. The van der Waals surface area contributed by atoms with Crippen molar-refractivity contribution in [1.82, 2.24) is 19.6 Å². The molecule has 0 atom stereocenters. The van der Waals surface area contributed by atoms with E-state index in [9.17, 15) is 4.79 Å². The number of aromatic nitrogens is 4. The van der Waals surface area contributed by atoms with Crippen molar-refractivity contribution < 1.29 is 4.74 Å². The normalized spacial score (nSPS) is 10.8. The van der Waals surface area contributed by atoms with Crippen LogP contribution < -0.4 is 16.2 Å². The van der Waals surface area contributed by atoms with Crippen LogP contribution >= 0.6 is 15.9 Å². The van der Waals surface area contributed by atoms with Gasteiger partial charge >= 0.3 is 5.69 Å². The summed E-state index contributed by atoms with van der Waals surface area (Å²) in [5.74, 6) is 0.790. The van der Waals surface area contributed by atoms with Crippen molar-refractivity contribution in [2.45, 2.75) is 0 Å². The second kappa shape index (κ2) is 4.39. The van der Waals surface area contributed by atoms with Gasteiger partial charge in [-0.2, -0.15) is 5.10 Å². The van der Waals surface area contributed by atoms with Gasteiger partial charge in [0.2, 0.25) is 5.88 Å². The first-order valence-corrected chi connectivity index (χ1v) is 6.08. The third-order valence-electron chi connectivity index (χ3n) is 2.47. The van der Waals surface area contributed by atoms with Gasteiger partial charge in [0.25, 0.3) is 0 Å². The van der Waals surface area contributed by atoms with Crippen molar-refractivity contribution in [3.63, 3.8) is 0 Å². The fourth-order valence-electron chi connectivity index (χ4n) is 1.57. The van der Waals surface area contributed by atoms with Crippen molar-refractivity contribution in [3.05, 3.63) is 45.5 Å². The molecule has 2 aromatic heterocycles. The lowest BCUT2D eigenvalue weighted by atomic mass is 10.3. The Bertz CT molecular complexity index is 810. The molecule has 0 amide bonds. The summed E-state index contributed by atoms with van der Waals surface area (Å²) in [5, 5.41) is 6.14. The van der Waals surface area contributed by atoms with Crippen LogP contribution in [0.25, 0.3) is 5.65 Å². The van der Waals surface area contributed by atoms with Crippen molar-refractivity contribution in [2.75, 3.05) is 5.73 Å². The second-order valence-corrected chi connectivity index (χ2v) is 4.68. The Morgan fingerprint density at radius 1 is 1.37 bits per heavy atom. The highest BCUT2D eigenvalue weighted by atomic mass is 79.9. The number of H-pyrrole nitrogens is 1. The summed E-state index contributed by atoms with van der Waals surface area (Å²) in [6.45, 7) is 0. The van der Waals surface area contributed by atoms with E-state index in [-0.39, 0.29) is 5.69 Å². The van der Waals surface area contributed by atoms with Gasteiger partial charge in [0.15, 0.2) is 11.4 Å². The molecule has 0 unspecified atom stereocenters. The number of hydrogen-bond donors (Lipinski definition) is 2. The maximum absolute atomic E-state index is 11.3. The summed E-state index contributed by atoms with van der Waals surface area (Å²) in [6.07, 6.45) is 1.34. The van der Waals surface area contributed by atoms with Gasteiger partial charge in [-0.1, -0.05) is 15.9 Å². The molecule has 0 fully saturated rings. The fourth-order valence-corrected chi connectivity index (χ4v) is 1.95. The van der Waals surface area contributed by atoms with E-state index in [0.717, 1.165) is 4.47 Å². The number of ether oxygens (including phenoxy) is 1. The maximum Gasteiger partial charge on any atom is 0.348 e. The van der Waals surface area contributed by atoms with Gasteiger partial charge < -0.3 is 10.5 Å². The standard InChI is InChI=1S/C11H8BrN5O2/c12-6-1-2-8(7(13)3-6)19-10-4-9-15-16-11(18)17(9)5-14-10/h1-5H,13H2,(H,16,18). The van der Waals surface area contributed by atoms with Crippen LogP contribution in [-0.2, 0) is 0 Å². The third kappa shape index (κ3) is 2.17. The van der Waals surface area contributed by atoms with E-state index in [4.69, 9.17) is 10.5 Å². The Hall–Kier alpha value is -2.35. The van der Waals surface area contributed by atoms with Crippen LogP contribution in [0.4, 0.5) is 5.69 Å².